The van der Waals surface area contributed by atoms with E-state index >= 15 is 0 Å². The predicted molar refractivity (Wildman–Crippen MR) is 67.0 cm³/mol. The minimum atomic E-state index is 0.273. The number of nitrogens with zero attached hydrogens (tertiary/aromatic N) is 1. The van der Waals surface area contributed by atoms with Gasteiger partial charge in [-0.3, -0.25) is 0 Å². The summed E-state index contributed by atoms with van der Waals surface area (Å²) in [6.45, 7) is 2.24. The van der Waals surface area contributed by atoms with Crippen LogP contribution >= 0.6 is 28.7 Å². The van der Waals surface area contributed by atoms with Gasteiger partial charge in [0.1, 0.15) is 0 Å². The first kappa shape index (κ1) is 10.2. The molecule has 1 saturated carbocycles. The summed E-state index contributed by atoms with van der Waals surface area (Å²) in [6, 6.07) is 8.26. The normalized spacial score (nSPS) is 19.5. The molecule has 1 aromatic carbocycles. The molecule has 14 heavy (non-hydrogen) atoms. The Morgan fingerprint density at radius 3 is 2.36 bits per heavy atom. The number of hydrogen-bond acceptors (Lipinski definition) is 2. The summed E-state index contributed by atoms with van der Waals surface area (Å²) in [5.74, 6) is 0. The molecule has 0 unspecified atom stereocenters. The molecule has 0 radical (unpaired) electrons. The van der Waals surface area contributed by atoms with Crippen LogP contribution < -0.4 is 0 Å². The Kier molecular flexibility index (Phi) is 2.71. The second-order valence-corrected chi connectivity index (χ2v) is 5.13. The van der Waals surface area contributed by atoms with Crippen LogP contribution in [0.5, 0.6) is 0 Å². The van der Waals surface area contributed by atoms with Crippen LogP contribution in [0, 0.1) is 5.41 Å². The van der Waals surface area contributed by atoms with Crippen LogP contribution in [-0.4, -0.2) is 5.71 Å². The maximum absolute atomic E-state index is 4.12. The zero-order chi connectivity index (χ0) is 10.2. The third kappa shape index (κ3) is 1.89. The molecule has 1 aliphatic carbocycles. The quantitative estimate of drug-likeness (QED) is 0.618. The van der Waals surface area contributed by atoms with E-state index in [1.54, 1.807) is 0 Å². The Morgan fingerprint density at radius 2 is 1.93 bits per heavy atom. The zero-order valence-electron chi connectivity index (χ0n) is 8.00. The summed E-state index contributed by atoms with van der Waals surface area (Å²) in [5.41, 5.74) is 2.58. The van der Waals surface area contributed by atoms with Crippen LogP contribution in [0.3, 0.4) is 0 Å². The van der Waals surface area contributed by atoms with Crippen molar-refractivity contribution >= 4 is 34.5 Å². The van der Waals surface area contributed by atoms with Crippen molar-refractivity contribution in [3.8, 4) is 0 Å². The van der Waals surface area contributed by atoms with Crippen molar-refractivity contribution in [1.82, 2.24) is 0 Å². The van der Waals surface area contributed by atoms with E-state index in [2.05, 4.69) is 52.2 Å². The van der Waals surface area contributed by atoms with Gasteiger partial charge in [0.05, 0.1) is 5.71 Å². The molecule has 1 aliphatic rings. The van der Waals surface area contributed by atoms with E-state index in [1.165, 1.54) is 18.4 Å². The molecular weight excluding hydrogens is 258 g/mol. The van der Waals surface area contributed by atoms with Crippen molar-refractivity contribution in [2.45, 2.75) is 19.8 Å². The number of hydrogen-bond donors (Lipinski definition) is 1. The SMILES string of the molecule is CC1(/C(=N/S)c2ccc(Br)cc2)CC1. The topological polar surface area (TPSA) is 12.4 Å². The maximum Gasteiger partial charge on any atom is 0.0615 e. The van der Waals surface area contributed by atoms with Gasteiger partial charge < -0.3 is 0 Å². The Balaban J connectivity index is 2.33. The molecule has 1 fully saturated rings. The van der Waals surface area contributed by atoms with Gasteiger partial charge in [0.15, 0.2) is 0 Å². The lowest BCUT2D eigenvalue weighted by atomic mass is 9.96. The molecule has 3 heteroatoms. The Hall–Kier alpha value is -0.280. The van der Waals surface area contributed by atoms with Crippen LogP contribution in [0.1, 0.15) is 25.3 Å². The van der Waals surface area contributed by atoms with Gasteiger partial charge in [-0.05, 0) is 43.4 Å². The van der Waals surface area contributed by atoms with E-state index < -0.39 is 0 Å². The lowest BCUT2D eigenvalue weighted by Gasteiger charge is -2.11. The zero-order valence-corrected chi connectivity index (χ0v) is 10.5. The average Bonchev–Trinajstić information content (AvgIpc) is 2.89. The smallest absolute Gasteiger partial charge is 0.0615 e. The lowest BCUT2D eigenvalue weighted by molar-refractivity contribution is 0.807. The molecule has 2 rings (SSSR count). The van der Waals surface area contributed by atoms with Crippen LogP contribution in [-0.2, 0) is 0 Å². The summed E-state index contributed by atoms with van der Waals surface area (Å²) in [4.78, 5) is 0. The highest BCUT2D eigenvalue weighted by atomic mass is 79.9. The first-order chi connectivity index (χ1) is 6.65. The third-order valence-electron chi connectivity index (χ3n) is 2.79. The van der Waals surface area contributed by atoms with E-state index in [1.807, 2.05) is 12.1 Å². The van der Waals surface area contributed by atoms with Gasteiger partial charge in [0, 0.05) is 9.89 Å². The van der Waals surface area contributed by atoms with Crippen molar-refractivity contribution in [1.29, 1.82) is 0 Å². The molecule has 74 valence electrons. The molecule has 1 nitrogen and oxygen atoms in total. The van der Waals surface area contributed by atoms with Crippen molar-refractivity contribution in [3.63, 3.8) is 0 Å². The minimum absolute atomic E-state index is 0.273. The number of benzene rings is 1. The highest BCUT2D eigenvalue weighted by Gasteiger charge is 2.42. The molecule has 0 aromatic heterocycles. The molecule has 0 heterocycles. The Bertz CT molecular complexity index is 365. The molecule has 0 bridgehead atoms. The molecule has 0 atom stereocenters. The average molecular weight is 270 g/mol. The number of thiol groups is 1. The van der Waals surface area contributed by atoms with Crippen LogP contribution in [0.2, 0.25) is 0 Å². The van der Waals surface area contributed by atoms with Crippen molar-refractivity contribution in [2.24, 2.45) is 9.81 Å². The van der Waals surface area contributed by atoms with Gasteiger partial charge in [0.2, 0.25) is 0 Å². The maximum atomic E-state index is 4.12. The second kappa shape index (κ2) is 3.70. The van der Waals surface area contributed by atoms with Crippen molar-refractivity contribution in [2.75, 3.05) is 0 Å². The molecule has 0 spiro atoms. The molecule has 0 N–H and O–H groups in total. The molecule has 1 aromatic rings. The van der Waals surface area contributed by atoms with Crippen molar-refractivity contribution in [3.05, 3.63) is 34.3 Å². The Morgan fingerprint density at radius 1 is 1.36 bits per heavy atom. The fraction of sp³-hybridized carbons (Fsp3) is 0.364. The lowest BCUT2D eigenvalue weighted by Crippen LogP contribution is -2.12. The van der Waals surface area contributed by atoms with Gasteiger partial charge >= 0.3 is 0 Å². The van der Waals surface area contributed by atoms with Gasteiger partial charge in [-0.25, -0.2) is 4.40 Å². The van der Waals surface area contributed by atoms with Gasteiger partial charge in [-0.2, -0.15) is 0 Å². The monoisotopic (exact) mass is 269 g/mol. The molecule has 0 amide bonds. The number of rotatable bonds is 2. The summed E-state index contributed by atoms with van der Waals surface area (Å²) in [7, 11) is 0. The summed E-state index contributed by atoms with van der Waals surface area (Å²) in [6.07, 6.45) is 2.45. The molecule has 0 saturated heterocycles. The van der Waals surface area contributed by atoms with E-state index in [9.17, 15) is 0 Å². The van der Waals surface area contributed by atoms with Gasteiger partial charge in [-0.15, -0.1) is 0 Å². The highest BCUT2D eigenvalue weighted by Crippen LogP contribution is 2.48. The minimum Gasteiger partial charge on any atom is -0.223 e. The summed E-state index contributed by atoms with van der Waals surface area (Å²) in [5, 5.41) is 0. The van der Waals surface area contributed by atoms with E-state index in [0.717, 1.165) is 10.2 Å². The third-order valence-corrected chi connectivity index (χ3v) is 3.52. The summed E-state index contributed by atoms with van der Waals surface area (Å²) < 4.78 is 5.22. The second-order valence-electron chi connectivity index (χ2n) is 4.02. The molecule has 0 aliphatic heterocycles. The van der Waals surface area contributed by atoms with Crippen molar-refractivity contribution < 1.29 is 0 Å². The van der Waals surface area contributed by atoms with E-state index in [0.29, 0.717) is 0 Å². The van der Waals surface area contributed by atoms with Crippen LogP contribution in [0.4, 0.5) is 0 Å². The fourth-order valence-electron chi connectivity index (χ4n) is 1.56. The Labute approximate surface area is 98.3 Å². The first-order valence-corrected chi connectivity index (χ1v) is 5.83. The largest absolute Gasteiger partial charge is 0.223 e. The van der Waals surface area contributed by atoms with E-state index in [-0.39, 0.29) is 5.41 Å². The van der Waals surface area contributed by atoms with Gasteiger partial charge in [0.25, 0.3) is 0 Å². The van der Waals surface area contributed by atoms with Crippen LogP contribution in [0.25, 0.3) is 0 Å². The highest BCUT2D eigenvalue weighted by molar-refractivity contribution is 9.10. The fourth-order valence-corrected chi connectivity index (χ4v) is 2.18. The standard InChI is InChI=1S/C11H12BrNS/c1-11(6-7-11)10(13-14)8-2-4-9(12)5-3-8/h2-5,14H,6-7H2,1H3/b13-10+. The number of halogens is 1. The predicted octanol–water partition coefficient (Wildman–Crippen LogP) is 3.88. The first-order valence-electron chi connectivity index (χ1n) is 4.64. The van der Waals surface area contributed by atoms with Gasteiger partial charge in [-0.1, -0.05) is 35.0 Å². The van der Waals surface area contributed by atoms with E-state index in [4.69, 9.17) is 0 Å². The van der Waals surface area contributed by atoms with Crippen LogP contribution in [0.15, 0.2) is 33.1 Å². The molecular formula is C11H12BrNS. The summed E-state index contributed by atoms with van der Waals surface area (Å²) >= 11 is 7.49.